The third kappa shape index (κ3) is 2.68. The molecule has 3 amide bonds. The van der Waals surface area contributed by atoms with Crippen LogP contribution in [0, 0.1) is 18.8 Å². The van der Waals surface area contributed by atoms with Crippen LogP contribution in [0.25, 0.3) is 0 Å². The Labute approximate surface area is 151 Å². The summed E-state index contributed by atoms with van der Waals surface area (Å²) in [6, 6.07) is 15.6. The Hall–Kier alpha value is -2.99. The molecule has 2 fully saturated rings. The summed E-state index contributed by atoms with van der Waals surface area (Å²) in [5, 5.41) is 5.85. The summed E-state index contributed by atoms with van der Waals surface area (Å²) in [6.45, 7) is 2.27. The van der Waals surface area contributed by atoms with Crippen LogP contribution in [0.5, 0.6) is 0 Å². The maximum atomic E-state index is 12.9. The third-order valence-corrected chi connectivity index (χ3v) is 5.01. The Kier molecular flexibility index (Phi) is 4.05. The minimum atomic E-state index is -0.716. The van der Waals surface area contributed by atoms with Crippen LogP contribution in [-0.2, 0) is 14.4 Å². The maximum absolute atomic E-state index is 12.9. The second-order valence-corrected chi connectivity index (χ2v) is 6.72. The van der Waals surface area contributed by atoms with Crippen LogP contribution in [0.15, 0.2) is 54.6 Å². The number of hydrogen-bond donors (Lipinski definition) is 2. The second-order valence-electron chi connectivity index (χ2n) is 6.72. The van der Waals surface area contributed by atoms with E-state index in [1.165, 1.54) is 4.90 Å². The zero-order chi connectivity index (χ0) is 18.3. The average Bonchev–Trinajstić information content (AvgIpc) is 3.18. The Bertz CT molecular complexity index is 864. The number of carbonyl (C=O) groups excluding carboxylic acids is 3. The number of imide groups is 1. The molecule has 0 radical (unpaired) electrons. The number of nitrogens with zero attached hydrogens (tertiary/aromatic N) is 1. The molecule has 2 N–H and O–H groups in total. The summed E-state index contributed by atoms with van der Waals surface area (Å²) in [6.07, 6.45) is 0. The molecule has 3 atom stereocenters. The highest BCUT2D eigenvalue weighted by Gasteiger charge is 2.56. The van der Waals surface area contributed by atoms with Crippen molar-refractivity contribution in [3.8, 4) is 0 Å². The fourth-order valence-electron chi connectivity index (χ4n) is 3.66. The van der Waals surface area contributed by atoms with Gasteiger partial charge in [0.05, 0.1) is 23.6 Å². The molecule has 2 aliphatic rings. The Morgan fingerprint density at radius 1 is 1.04 bits per heavy atom. The number of hydrogen-bond acceptors (Lipinski definition) is 4. The molecule has 0 aromatic heterocycles. The van der Waals surface area contributed by atoms with Crippen LogP contribution in [-0.4, -0.2) is 30.3 Å². The van der Waals surface area contributed by atoms with Crippen LogP contribution in [0.2, 0.25) is 0 Å². The monoisotopic (exact) mass is 349 g/mol. The van der Waals surface area contributed by atoms with Crippen LogP contribution < -0.4 is 15.5 Å². The Morgan fingerprint density at radius 3 is 2.42 bits per heavy atom. The van der Waals surface area contributed by atoms with Gasteiger partial charge in [0.2, 0.25) is 17.7 Å². The topological polar surface area (TPSA) is 78.5 Å². The summed E-state index contributed by atoms with van der Waals surface area (Å²) < 4.78 is 0. The lowest BCUT2D eigenvalue weighted by Crippen LogP contribution is -2.45. The molecular formula is C20H19N3O3. The van der Waals surface area contributed by atoms with Crippen molar-refractivity contribution in [1.29, 1.82) is 0 Å². The number of nitrogens with one attached hydrogen (secondary N) is 2. The number of rotatable bonds is 3. The Morgan fingerprint density at radius 2 is 1.73 bits per heavy atom. The molecule has 2 aliphatic heterocycles. The van der Waals surface area contributed by atoms with Crippen molar-refractivity contribution in [2.45, 2.75) is 13.0 Å². The van der Waals surface area contributed by atoms with Crippen molar-refractivity contribution in [1.82, 2.24) is 5.32 Å². The first-order valence-electron chi connectivity index (χ1n) is 8.60. The van der Waals surface area contributed by atoms with Gasteiger partial charge in [-0.05, 0) is 31.2 Å². The zero-order valence-corrected chi connectivity index (χ0v) is 14.3. The molecular weight excluding hydrogens is 330 g/mol. The van der Waals surface area contributed by atoms with E-state index in [1.54, 1.807) is 24.3 Å². The van der Waals surface area contributed by atoms with Crippen LogP contribution in [0.4, 0.5) is 11.4 Å². The van der Waals surface area contributed by atoms with E-state index in [1.807, 2.05) is 37.3 Å². The lowest BCUT2D eigenvalue weighted by Gasteiger charge is -2.19. The fraction of sp³-hybridized carbons (Fsp3) is 0.250. The van der Waals surface area contributed by atoms with Crippen LogP contribution in [0.1, 0.15) is 5.56 Å². The molecule has 132 valence electrons. The number of fused-ring (bicyclic) bond motifs is 1. The van der Waals surface area contributed by atoms with Crippen molar-refractivity contribution in [3.05, 3.63) is 60.2 Å². The lowest BCUT2D eigenvalue weighted by atomic mass is 9.92. The summed E-state index contributed by atoms with van der Waals surface area (Å²) in [5.74, 6) is -2.04. The van der Waals surface area contributed by atoms with Gasteiger partial charge in [0, 0.05) is 12.2 Å². The smallest absolute Gasteiger partial charge is 0.242 e. The van der Waals surface area contributed by atoms with Crippen molar-refractivity contribution in [2.75, 3.05) is 16.8 Å². The van der Waals surface area contributed by atoms with E-state index in [2.05, 4.69) is 10.6 Å². The third-order valence-electron chi connectivity index (χ3n) is 5.01. The SMILES string of the molecule is Cc1ccc(N2C(=O)[C@@H]3[C@@H](CN[C@H]3C(=O)Nc3ccccc3)C2=O)cc1. The molecule has 4 rings (SSSR count). The van der Waals surface area contributed by atoms with Gasteiger partial charge in [0.25, 0.3) is 0 Å². The molecule has 6 heteroatoms. The van der Waals surface area contributed by atoms with Gasteiger partial charge in [-0.3, -0.25) is 14.4 Å². The molecule has 26 heavy (non-hydrogen) atoms. The van der Waals surface area contributed by atoms with Gasteiger partial charge in [0.1, 0.15) is 0 Å². The normalized spacial score (nSPS) is 24.7. The molecule has 0 aliphatic carbocycles. The first-order chi connectivity index (χ1) is 12.6. The number of amides is 3. The summed E-state index contributed by atoms with van der Waals surface area (Å²) >= 11 is 0. The maximum Gasteiger partial charge on any atom is 0.242 e. The van der Waals surface area contributed by atoms with E-state index in [0.717, 1.165) is 5.56 Å². The highest BCUT2D eigenvalue weighted by atomic mass is 16.2. The van der Waals surface area contributed by atoms with E-state index in [0.29, 0.717) is 17.9 Å². The molecule has 0 unspecified atom stereocenters. The number of para-hydroxylation sites is 1. The quantitative estimate of drug-likeness (QED) is 0.827. The molecule has 0 bridgehead atoms. The summed E-state index contributed by atoms with van der Waals surface area (Å²) in [5.41, 5.74) is 2.27. The fourth-order valence-corrected chi connectivity index (χ4v) is 3.66. The highest BCUT2D eigenvalue weighted by Crippen LogP contribution is 2.36. The number of aryl methyl sites for hydroxylation is 1. The molecule has 2 aromatic rings. The van der Waals surface area contributed by atoms with Gasteiger partial charge in [-0.2, -0.15) is 0 Å². The number of benzene rings is 2. The van der Waals surface area contributed by atoms with Gasteiger partial charge in [-0.1, -0.05) is 35.9 Å². The largest absolute Gasteiger partial charge is 0.325 e. The summed E-state index contributed by atoms with van der Waals surface area (Å²) in [4.78, 5) is 39.5. The van der Waals surface area contributed by atoms with Crippen molar-refractivity contribution >= 4 is 29.1 Å². The average molecular weight is 349 g/mol. The van der Waals surface area contributed by atoms with Crippen LogP contribution in [0.3, 0.4) is 0 Å². The van der Waals surface area contributed by atoms with E-state index >= 15 is 0 Å². The molecule has 6 nitrogen and oxygen atoms in total. The molecule has 2 heterocycles. The second kappa shape index (κ2) is 6.38. The van der Waals surface area contributed by atoms with Crippen molar-refractivity contribution < 1.29 is 14.4 Å². The van der Waals surface area contributed by atoms with Gasteiger partial charge in [-0.15, -0.1) is 0 Å². The predicted octanol–water partition coefficient (Wildman–Crippen LogP) is 1.71. The van der Waals surface area contributed by atoms with Gasteiger partial charge >= 0.3 is 0 Å². The van der Waals surface area contributed by atoms with Gasteiger partial charge in [0.15, 0.2) is 0 Å². The summed E-state index contributed by atoms with van der Waals surface area (Å²) in [7, 11) is 0. The minimum Gasteiger partial charge on any atom is -0.325 e. The molecule has 0 spiro atoms. The first-order valence-corrected chi connectivity index (χ1v) is 8.60. The lowest BCUT2D eigenvalue weighted by molar-refractivity contribution is -0.126. The molecule has 2 aromatic carbocycles. The molecule has 2 saturated heterocycles. The highest BCUT2D eigenvalue weighted by molar-refractivity contribution is 6.24. The van der Waals surface area contributed by atoms with Crippen LogP contribution >= 0.6 is 0 Å². The van der Waals surface area contributed by atoms with E-state index in [-0.39, 0.29) is 17.7 Å². The standard InChI is InChI=1S/C20H19N3O3/c1-12-7-9-14(10-8-12)23-19(25)15-11-21-17(16(15)20(23)26)18(24)22-13-5-3-2-4-6-13/h2-10,15-17,21H,11H2,1H3,(H,22,24)/t15-,16-,17-/m1/s1. The van der Waals surface area contributed by atoms with E-state index in [9.17, 15) is 14.4 Å². The van der Waals surface area contributed by atoms with E-state index < -0.39 is 17.9 Å². The predicted molar refractivity (Wildman–Crippen MR) is 97.5 cm³/mol. The van der Waals surface area contributed by atoms with Gasteiger partial charge in [-0.25, -0.2) is 4.90 Å². The Balaban J connectivity index is 1.57. The zero-order valence-electron chi connectivity index (χ0n) is 14.3. The first kappa shape index (κ1) is 16.5. The van der Waals surface area contributed by atoms with Gasteiger partial charge < -0.3 is 10.6 Å². The minimum absolute atomic E-state index is 0.244. The number of anilines is 2. The van der Waals surface area contributed by atoms with Crippen molar-refractivity contribution in [2.24, 2.45) is 11.8 Å². The van der Waals surface area contributed by atoms with Crippen molar-refractivity contribution in [3.63, 3.8) is 0 Å². The number of carbonyl (C=O) groups is 3. The molecule has 0 saturated carbocycles. The van der Waals surface area contributed by atoms with E-state index in [4.69, 9.17) is 0 Å².